The Balaban J connectivity index is 0.000000238. The van der Waals surface area contributed by atoms with Gasteiger partial charge in [-0.15, -0.1) is 0 Å². The van der Waals surface area contributed by atoms with Gasteiger partial charge in [0.15, 0.2) is 0 Å². The van der Waals surface area contributed by atoms with Crippen LogP contribution in [0.1, 0.15) is 27.6 Å². The first-order valence-corrected chi connectivity index (χ1v) is 6.64. The highest BCUT2D eigenvalue weighted by atomic mass is 19.1. The molecule has 0 saturated heterocycles. The lowest BCUT2D eigenvalue weighted by Crippen LogP contribution is -2.23. The molecule has 0 aromatic carbocycles. The van der Waals surface area contributed by atoms with Crippen molar-refractivity contribution in [3.05, 3.63) is 58.7 Å². The average molecular weight is 318 g/mol. The molecule has 2 aromatic heterocycles. The number of aryl methyl sites for hydroxylation is 2. The van der Waals surface area contributed by atoms with E-state index in [9.17, 15) is 13.6 Å². The lowest BCUT2D eigenvalue weighted by atomic mass is 10.3. The van der Waals surface area contributed by atoms with Crippen molar-refractivity contribution >= 4 is 5.91 Å². The molecular weight excluding hydrogens is 302 g/mol. The summed E-state index contributed by atoms with van der Waals surface area (Å²) in [5.74, 6) is -0.989. The van der Waals surface area contributed by atoms with Crippen molar-refractivity contribution in [3.8, 4) is 6.07 Å². The second kappa shape index (κ2) is 7.94. The van der Waals surface area contributed by atoms with Crippen LogP contribution in [0.25, 0.3) is 0 Å². The first kappa shape index (κ1) is 18.2. The van der Waals surface area contributed by atoms with Crippen LogP contribution in [0.15, 0.2) is 24.3 Å². The Hall–Kier alpha value is -2.88. The molecule has 0 N–H and O–H groups in total. The zero-order valence-corrected chi connectivity index (χ0v) is 13.3. The Labute approximate surface area is 133 Å². The van der Waals surface area contributed by atoms with Crippen LogP contribution in [0.4, 0.5) is 8.78 Å². The third-order valence-corrected chi connectivity index (χ3v) is 2.78. The first-order chi connectivity index (χ1) is 10.8. The Morgan fingerprint density at radius 1 is 1.04 bits per heavy atom. The fourth-order valence-electron chi connectivity index (χ4n) is 1.50. The van der Waals surface area contributed by atoms with E-state index in [-0.39, 0.29) is 34.5 Å². The number of pyridine rings is 2. The van der Waals surface area contributed by atoms with Gasteiger partial charge in [-0.1, -0.05) is 0 Å². The number of nitriles is 1. The van der Waals surface area contributed by atoms with Gasteiger partial charge in [0.25, 0.3) is 5.91 Å². The van der Waals surface area contributed by atoms with Crippen LogP contribution >= 0.6 is 0 Å². The van der Waals surface area contributed by atoms with Gasteiger partial charge < -0.3 is 4.90 Å². The summed E-state index contributed by atoms with van der Waals surface area (Å²) in [5.41, 5.74) is 1.02. The smallest absolute Gasteiger partial charge is 0.271 e. The number of carbonyl (C=O) groups excluding carboxylic acids is 1. The highest BCUT2D eigenvalue weighted by molar-refractivity contribution is 5.91. The van der Waals surface area contributed by atoms with Crippen molar-refractivity contribution in [2.45, 2.75) is 13.8 Å². The molecule has 0 saturated carbocycles. The second-order valence-electron chi connectivity index (χ2n) is 4.84. The lowest BCUT2D eigenvalue weighted by molar-refractivity contribution is 0.0821. The first-order valence-electron chi connectivity index (χ1n) is 6.64. The minimum absolute atomic E-state index is 0.219. The van der Waals surface area contributed by atoms with Crippen LogP contribution in [0.2, 0.25) is 0 Å². The molecule has 0 radical (unpaired) electrons. The van der Waals surface area contributed by atoms with Crippen molar-refractivity contribution in [3.63, 3.8) is 0 Å². The lowest BCUT2D eigenvalue weighted by Gasteiger charge is -2.09. The van der Waals surface area contributed by atoms with E-state index in [0.29, 0.717) is 0 Å². The topological polar surface area (TPSA) is 69.9 Å². The van der Waals surface area contributed by atoms with Crippen LogP contribution in [-0.4, -0.2) is 34.9 Å². The Morgan fingerprint density at radius 2 is 1.57 bits per heavy atom. The van der Waals surface area contributed by atoms with Crippen molar-refractivity contribution in [1.82, 2.24) is 14.9 Å². The van der Waals surface area contributed by atoms with Crippen LogP contribution in [-0.2, 0) is 0 Å². The van der Waals surface area contributed by atoms with Crippen LogP contribution in [0.5, 0.6) is 0 Å². The van der Waals surface area contributed by atoms with Crippen molar-refractivity contribution in [2.24, 2.45) is 0 Å². The maximum absolute atomic E-state index is 12.8. The second-order valence-corrected chi connectivity index (χ2v) is 4.84. The standard InChI is InChI=1S/C9H11FN2O.C7H5FN2/c1-6-7(10)4-5-8(11-6)9(13)12(2)3;1-5-7(8)3-2-6(4-9)10-5/h4-5H,1-3H3;2-3H,1H3. The summed E-state index contributed by atoms with van der Waals surface area (Å²) in [6.07, 6.45) is 0. The van der Waals surface area contributed by atoms with Gasteiger partial charge in [0, 0.05) is 14.1 Å². The summed E-state index contributed by atoms with van der Waals surface area (Å²) in [6.45, 7) is 3.05. The maximum Gasteiger partial charge on any atom is 0.271 e. The molecule has 0 aliphatic carbocycles. The highest BCUT2D eigenvalue weighted by Crippen LogP contribution is 2.05. The van der Waals surface area contributed by atoms with Gasteiger partial charge in [-0.25, -0.2) is 18.7 Å². The number of rotatable bonds is 1. The predicted octanol–water partition coefficient (Wildman–Crippen LogP) is 2.63. The summed E-state index contributed by atoms with van der Waals surface area (Å²) in [7, 11) is 3.26. The average Bonchev–Trinajstić information content (AvgIpc) is 2.52. The quantitative estimate of drug-likeness (QED) is 0.810. The monoisotopic (exact) mass is 318 g/mol. The fourth-order valence-corrected chi connectivity index (χ4v) is 1.50. The molecule has 0 aliphatic heterocycles. The van der Waals surface area contributed by atoms with Crippen LogP contribution in [0, 0.1) is 36.8 Å². The summed E-state index contributed by atoms with van der Waals surface area (Å²) >= 11 is 0. The molecule has 23 heavy (non-hydrogen) atoms. The number of halogens is 2. The molecule has 0 unspecified atom stereocenters. The molecule has 120 valence electrons. The summed E-state index contributed by atoms with van der Waals surface area (Å²) in [4.78, 5) is 20.2. The molecule has 0 spiro atoms. The molecule has 0 fully saturated rings. The number of hydrogen-bond donors (Lipinski definition) is 0. The maximum atomic E-state index is 12.8. The van der Waals surface area contributed by atoms with Gasteiger partial charge in [-0.2, -0.15) is 5.26 Å². The molecule has 2 rings (SSSR count). The van der Waals surface area contributed by atoms with E-state index in [1.54, 1.807) is 14.1 Å². The number of nitrogens with zero attached hydrogens (tertiary/aromatic N) is 4. The molecule has 2 aromatic rings. The number of amides is 1. The van der Waals surface area contributed by atoms with E-state index in [2.05, 4.69) is 9.97 Å². The van der Waals surface area contributed by atoms with Crippen LogP contribution < -0.4 is 0 Å². The van der Waals surface area contributed by atoms with E-state index in [1.807, 2.05) is 6.07 Å². The highest BCUT2D eigenvalue weighted by Gasteiger charge is 2.10. The van der Waals surface area contributed by atoms with Crippen LogP contribution in [0.3, 0.4) is 0 Å². The minimum atomic E-state index is -0.393. The van der Waals surface area contributed by atoms with Gasteiger partial charge in [-0.05, 0) is 38.1 Å². The number of carbonyl (C=O) groups is 1. The van der Waals surface area contributed by atoms with Gasteiger partial charge in [0.05, 0.1) is 11.4 Å². The molecule has 2 heterocycles. The third kappa shape index (κ3) is 5.11. The predicted molar refractivity (Wildman–Crippen MR) is 80.6 cm³/mol. The van der Waals surface area contributed by atoms with E-state index in [4.69, 9.17) is 5.26 Å². The molecule has 5 nitrogen and oxygen atoms in total. The normalized spacial score (nSPS) is 9.43. The fraction of sp³-hybridized carbons (Fsp3) is 0.250. The van der Waals surface area contributed by atoms with Gasteiger partial charge in [0.1, 0.15) is 29.1 Å². The Morgan fingerprint density at radius 3 is 2.00 bits per heavy atom. The molecule has 0 atom stereocenters. The minimum Gasteiger partial charge on any atom is -0.343 e. The summed E-state index contributed by atoms with van der Waals surface area (Å²) in [5, 5.41) is 8.32. The molecule has 0 aliphatic rings. The zero-order valence-electron chi connectivity index (χ0n) is 13.3. The Bertz CT molecular complexity index is 754. The molecular formula is C16H16F2N4O. The van der Waals surface area contributed by atoms with E-state index < -0.39 is 5.82 Å². The summed E-state index contributed by atoms with van der Waals surface area (Å²) in [6, 6.07) is 7.03. The van der Waals surface area contributed by atoms with E-state index in [1.165, 1.54) is 43.0 Å². The SMILES string of the molecule is Cc1nc(C#N)ccc1F.Cc1nc(C(=O)N(C)C)ccc1F. The largest absolute Gasteiger partial charge is 0.343 e. The van der Waals surface area contributed by atoms with Gasteiger partial charge in [0.2, 0.25) is 0 Å². The zero-order chi connectivity index (χ0) is 17.6. The molecule has 1 amide bonds. The van der Waals surface area contributed by atoms with Gasteiger partial charge in [-0.3, -0.25) is 4.79 Å². The number of hydrogen-bond acceptors (Lipinski definition) is 4. The number of aromatic nitrogens is 2. The van der Waals surface area contributed by atoms with E-state index >= 15 is 0 Å². The molecule has 0 bridgehead atoms. The van der Waals surface area contributed by atoms with Gasteiger partial charge >= 0.3 is 0 Å². The Kier molecular flexibility index (Phi) is 6.27. The third-order valence-electron chi connectivity index (χ3n) is 2.78. The summed E-state index contributed by atoms with van der Waals surface area (Å²) < 4.78 is 25.2. The van der Waals surface area contributed by atoms with Crippen molar-refractivity contribution < 1.29 is 13.6 Å². The van der Waals surface area contributed by atoms with Crippen molar-refractivity contribution in [2.75, 3.05) is 14.1 Å². The van der Waals surface area contributed by atoms with E-state index in [0.717, 1.165) is 0 Å². The van der Waals surface area contributed by atoms with Crippen molar-refractivity contribution in [1.29, 1.82) is 5.26 Å². The molecule has 7 heteroatoms.